The first-order chi connectivity index (χ1) is 16.0. The average molecular weight is 535 g/mol. The lowest BCUT2D eigenvalue weighted by molar-refractivity contribution is 0.104. The van der Waals surface area contributed by atoms with Crippen molar-refractivity contribution in [3.8, 4) is 23.0 Å². The van der Waals surface area contributed by atoms with Crippen LogP contribution in [0.4, 0.5) is 4.79 Å². The van der Waals surface area contributed by atoms with Crippen molar-refractivity contribution in [3.63, 3.8) is 0 Å². The van der Waals surface area contributed by atoms with Gasteiger partial charge in [-0.3, -0.25) is 4.79 Å². The molecule has 1 N–H and O–H groups in total. The molecule has 174 valence electrons. The first kappa shape index (κ1) is 23.5. The summed E-state index contributed by atoms with van der Waals surface area (Å²) < 4.78 is 22.6. The van der Waals surface area contributed by atoms with E-state index in [0.717, 1.165) is 18.7 Å². The summed E-state index contributed by atoms with van der Waals surface area (Å²) in [6.45, 7) is 2.58. The molecule has 2 aliphatic heterocycles. The van der Waals surface area contributed by atoms with Crippen LogP contribution in [-0.2, 0) is 0 Å². The predicted molar refractivity (Wildman–Crippen MR) is 129 cm³/mol. The van der Waals surface area contributed by atoms with Crippen LogP contribution in [0.5, 0.6) is 23.0 Å². The molecule has 0 atom stereocenters. The Morgan fingerprint density at radius 1 is 1.06 bits per heavy atom. The van der Waals surface area contributed by atoms with E-state index in [0.29, 0.717) is 55.9 Å². The van der Waals surface area contributed by atoms with Crippen molar-refractivity contribution in [2.45, 2.75) is 4.90 Å². The summed E-state index contributed by atoms with van der Waals surface area (Å²) >= 11 is 4.73. The lowest BCUT2D eigenvalue weighted by Crippen LogP contribution is -2.47. The van der Waals surface area contributed by atoms with Crippen molar-refractivity contribution in [3.05, 3.63) is 44.8 Å². The van der Waals surface area contributed by atoms with Crippen molar-refractivity contribution in [2.24, 2.45) is 0 Å². The molecule has 1 fully saturated rings. The standard InChI is InChI=1S/C23H23BrN2O6S/c1-29-15-4-5-16(32-23(28)26-8-6-25-7-9-26)22-19(15)20(27)18(33-22)12-13-10-14(24)21(31-3)17(11-13)30-2/h4-5,10-12,25H,6-9H2,1-3H3/b18-12-. The summed E-state index contributed by atoms with van der Waals surface area (Å²) in [4.78, 5) is 28.6. The predicted octanol–water partition coefficient (Wildman–Crippen LogP) is 4.21. The number of amides is 1. The van der Waals surface area contributed by atoms with Crippen LogP contribution in [0.3, 0.4) is 0 Å². The molecule has 0 spiro atoms. The van der Waals surface area contributed by atoms with Gasteiger partial charge in [0, 0.05) is 26.2 Å². The average Bonchev–Trinajstić information content (AvgIpc) is 3.16. The number of thioether (sulfide) groups is 1. The van der Waals surface area contributed by atoms with Crippen molar-refractivity contribution in [2.75, 3.05) is 47.5 Å². The van der Waals surface area contributed by atoms with Gasteiger partial charge < -0.3 is 29.2 Å². The van der Waals surface area contributed by atoms with Gasteiger partial charge in [0.1, 0.15) is 11.5 Å². The number of ether oxygens (including phenoxy) is 4. The van der Waals surface area contributed by atoms with Crippen molar-refractivity contribution < 1.29 is 28.5 Å². The van der Waals surface area contributed by atoms with Crippen LogP contribution in [0.1, 0.15) is 15.9 Å². The third-order valence-corrected chi connectivity index (χ3v) is 7.01. The zero-order valence-electron chi connectivity index (χ0n) is 18.4. The van der Waals surface area contributed by atoms with Crippen LogP contribution in [0.2, 0.25) is 0 Å². The molecule has 1 amide bonds. The van der Waals surface area contributed by atoms with Crippen LogP contribution < -0.4 is 24.3 Å². The molecule has 0 aromatic heterocycles. The fourth-order valence-electron chi connectivity index (χ4n) is 3.67. The van der Waals surface area contributed by atoms with Crippen LogP contribution >= 0.6 is 27.7 Å². The molecular weight excluding hydrogens is 512 g/mol. The molecule has 0 aliphatic carbocycles. The van der Waals surface area contributed by atoms with Crippen molar-refractivity contribution in [1.29, 1.82) is 0 Å². The van der Waals surface area contributed by atoms with E-state index in [1.807, 2.05) is 6.07 Å². The molecule has 33 heavy (non-hydrogen) atoms. The number of allylic oxidation sites excluding steroid dienone is 1. The molecule has 2 aromatic rings. The number of fused-ring (bicyclic) bond motifs is 1. The van der Waals surface area contributed by atoms with Crippen LogP contribution in [-0.4, -0.2) is 64.3 Å². The highest BCUT2D eigenvalue weighted by Gasteiger charge is 2.34. The minimum absolute atomic E-state index is 0.196. The molecule has 0 radical (unpaired) electrons. The topological polar surface area (TPSA) is 86.3 Å². The third-order valence-electron chi connectivity index (χ3n) is 5.29. The number of Topliss-reactive ketones (excluding diaryl/α,β-unsaturated/α-hetero) is 1. The van der Waals surface area contributed by atoms with E-state index >= 15 is 0 Å². The number of ketones is 1. The Hall–Kier alpha value is -2.69. The Labute approximate surface area is 204 Å². The van der Waals surface area contributed by atoms with Gasteiger partial charge in [-0.25, -0.2) is 4.79 Å². The maximum Gasteiger partial charge on any atom is 0.415 e. The fraction of sp³-hybridized carbons (Fsp3) is 0.304. The molecule has 0 saturated carbocycles. The minimum atomic E-state index is -0.432. The summed E-state index contributed by atoms with van der Waals surface area (Å²) in [7, 11) is 4.62. The smallest absolute Gasteiger partial charge is 0.415 e. The number of carbonyl (C=O) groups is 2. The van der Waals surface area contributed by atoms with Crippen LogP contribution in [0, 0.1) is 0 Å². The van der Waals surface area contributed by atoms with E-state index in [-0.39, 0.29) is 5.78 Å². The second kappa shape index (κ2) is 10.1. The molecule has 2 heterocycles. The number of benzene rings is 2. The van der Waals surface area contributed by atoms with Gasteiger partial charge in [0.25, 0.3) is 0 Å². The van der Waals surface area contributed by atoms with E-state index in [2.05, 4.69) is 21.2 Å². The van der Waals surface area contributed by atoms with Crippen molar-refractivity contribution in [1.82, 2.24) is 10.2 Å². The molecule has 4 rings (SSSR count). The molecule has 0 bridgehead atoms. The second-order valence-electron chi connectivity index (χ2n) is 7.25. The fourth-order valence-corrected chi connectivity index (χ4v) is 5.40. The Morgan fingerprint density at radius 2 is 1.76 bits per heavy atom. The van der Waals surface area contributed by atoms with Crippen LogP contribution in [0.25, 0.3) is 6.08 Å². The number of hydrogen-bond acceptors (Lipinski definition) is 8. The van der Waals surface area contributed by atoms with Gasteiger partial charge in [-0.15, -0.1) is 0 Å². The van der Waals surface area contributed by atoms with E-state index in [4.69, 9.17) is 18.9 Å². The number of carbonyl (C=O) groups excluding carboxylic acids is 2. The Balaban J connectivity index is 1.67. The minimum Gasteiger partial charge on any atom is -0.496 e. The number of nitrogens with zero attached hydrogens (tertiary/aromatic N) is 1. The van der Waals surface area contributed by atoms with Gasteiger partial charge in [0.05, 0.1) is 41.2 Å². The quantitative estimate of drug-likeness (QED) is 0.571. The normalized spacial score (nSPS) is 16.5. The van der Waals surface area contributed by atoms with Gasteiger partial charge in [-0.1, -0.05) is 11.8 Å². The highest BCUT2D eigenvalue weighted by atomic mass is 79.9. The molecule has 2 aromatic carbocycles. The zero-order valence-corrected chi connectivity index (χ0v) is 20.8. The summed E-state index contributed by atoms with van der Waals surface area (Å²) in [6, 6.07) is 6.94. The Morgan fingerprint density at radius 3 is 2.42 bits per heavy atom. The van der Waals surface area contributed by atoms with Crippen molar-refractivity contribution >= 4 is 45.6 Å². The van der Waals surface area contributed by atoms with E-state index < -0.39 is 6.09 Å². The first-order valence-electron chi connectivity index (χ1n) is 10.2. The lowest BCUT2D eigenvalue weighted by atomic mass is 10.1. The van der Waals surface area contributed by atoms with Gasteiger partial charge in [-0.2, -0.15) is 0 Å². The largest absolute Gasteiger partial charge is 0.496 e. The van der Waals surface area contributed by atoms with E-state index in [1.54, 1.807) is 43.4 Å². The zero-order chi connectivity index (χ0) is 23.5. The summed E-state index contributed by atoms with van der Waals surface area (Å²) in [5.74, 6) is 1.68. The molecular formula is C23H23BrN2O6S. The maximum atomic E-state index is 13.3. The third kappa shape index (κ3) is 4.68. The summed E-state index contributed by atoms with van der Waals surface area (Å²) in [5, 5.41) is 3.20. The Kier molecular flexibility index (Phi) is 7.16. The summed E-state index contributed by atoms with van der Waals surface area (Å²) in [5.41, 5.74) is 1.14. The van der Waals surface area contributed by atoms with Gasteiger partial charge >= 0.3 is 6.09 Å². The molecule has 8 nitrogen and oxygen atoms in total. The van der Waals surface area contributed by atoms with Gasteiger partial charge in [-0.05, 0) is 51.8 Å². The van der Waals surface area contributed by atoms with E-state index in [1.165, 1.54) is 18.9 Å². The SMILES string of the molecule is COc1cc(/C=C2\Sc3c(OC(=O)N4CCNCC4)ccc(OC)c3C2=O)cc(Br)c1OC. The number of halogens is 1. The Bertz CT molecular complexity index is 1130. The number of nitrogens with one attached hydrogen (secondary N) is 1. The number of methoxy groups -OCH3 is 3. The summed E-state index contributed by atoms with van der Waals surface area (Å²) in [6.07, 6.45) is 1.33. The van der Waals surface area contributed by atoms with E-state index in [9.17, 15) is 9.59 Å². The molecule has 10 heteroatoms. The maximum absolute atomic E-state index is 13.3. The van der Waals surface area contributed by atoms with Gasteiger partial charge in [0.15, 0.2) is 11.5 Å². The number of piperazine rings is 1. The first-order valence-corrected chi connectivity index (χ1v) is 11.8. The number of rotatable bonds is 5. The molecule has 1 saturated heterocycles. The highest BCUT2D eigenvalue weighted by Crippen LogP contribution is 2.50. The van der Waals surface area contributed by atoms with Crippen LogP contribution in [0.15, 0.2) is 38.5 Å². The molecule has 0 unspecified atom stereocenters. The lowest BCUT2D eigenvalue weighted by Gasteiger charge is -2.26. The monoisotopic (exact) mass is 534 g/mol. The number of hydrogen-bond donors (Lipinski definition) is 1. The molecule has 2 aliphatic rings. The highest BCUT2D eigenvalue weighted by molar-refractivity contribution is 9.10. The second-order valence-corrected chi connectivity index (χ2v) is 9.16. The van der Waals surface area contributed by atoms with Gasteiger partial charge in [0.2, 0.25) is 5.78 Å².